The molecule has 7 heteroatoms. The summed E-state index contributed by atoms with van der Waals surface area (Å²) < 4.78 is 13.6. The summed E-state index contributed by atoms with van der Waals surface area (Å²) in [5.41, 5.74) is 8.69. The summed E-state index contributed by atoms with van der Waals surface area (Å²) in [6, 6.07) is 14.7. The molecule has 4 N–H and O–H groups in total. The number of pyridine rings is 2. The summed E-state index contributed by atoms with van der Waals surface area (Å²) in [6.45, 7) is 15.3. The summed E-state index contributed by atoms with van der Waals surface area (Å²) in [5, 5.41) is 15.0. The molecular formula is C37H51FKN4O-3. The maximum Gasteiger partial charge on any atom is 1.00 e. The zero-order valence-electron chi connectivity index (χ0n) is 28.4. The van der Waals surface area contributed by atoms with E-state index >= 15 is 0 Å². The van der Waals surface area contributed by atoms with E-state index in [2.05, 4.69) is 36.8 Å². The Labute approximate surface area is 309 Å². The third kappa shape index (κ3) is 10.5. The molecular weight excluding hydrogens is 575 g/mol. The standard InChI is InChI=1S/C32H34FN3O.C2H6.3CH3.K.H2N/c1-5-6-24-15-29(36-31(20(24)3)23-9-11-27(33)12-10-23)28(22-7-8-22)18-34-21(4)25-14-26-13-19(2)17-35-32(26)30(37)16-25;1-2;;;;;/h9-17,22,28,34,37H,4-8,18H2,1-3H3;1-2H3;3*1H3;;1H2/q;;3*-1;+1;-1. The first-order valence-corrected chi connectivity index (χ1v) is 14.1. The van der Waals surface area contributed by atoms with Crippen molar-refractivity contribution in [3.05, 3.63) is 124 Å². The maximum absolute atomic E-state index is 13.6. The van der Waals surface area contributed by atoms with Gasteiger partial charge in [0, 0.05) is 46.6 Å². The van der Waals surface area contributed by atoms with Crippen LogP contribution in [-0.2, 0) is 6.42 Å². The molecule has 0 aliphatic heterocycles. The number of nitrogens with zero attached hydrogens (tertiary/aromatic N) is 2. The van der Waals surface area contributed by atoms with Crippen LogP contribution < -0.4 is 56.7 Å². The fraction of sp³-hybridized carbons (Fsp3) is 0.324. The van der Waals surface area contributed by atoms with E-state index in [4.69, 9.17) is 4.98 Å². The first-order valence-electron chi connectivity index (χ1n) is 14.1. The van der Waals surface area contributed by atoms with Gasteiger partial charge in [-0.2, -0.15) is 0 Å². The van der Waals surface area contributed by atoms with Crippen molar-refractivity contribution in [3.63, 3.8) is 0 Å². The molecule has 2 heterocycles. The zero-order valence-corrected chi connectivity index (χ0v) is 31.5. The van der Waals surface area contributed by atoms with Gasteiger partial charge in [0.15, 0.2) is 0 Å². The Hall–Kier alpha value is -2.13. The fourth-order valence-corrected chi connectivity index (χ4v) is 5.15. The molecule has 0 bridgehead atoms. The summed E-state index contributed by atoms with van der Waals surface area (Å²) in [7, 11) is 0. The Morgan fingerprint density at radius 2 is 1.68 bits per heavy atom. The van der Waals surface area contributed by atoms with Gasteiger partial charge in [-0.25, -0.2) is 4.39 Å². The van der Waals surface area contributed by atoms with Crippen LogP contribution in [0.3, 0.4) is 0 Å². The predicted molar refractivity (Wildman–Crippen MR) is 185 cm³/mol. The summed E-state index contributed by atoms with van der Waals surface area (Å²) in [5.74, 6) is 0.728. The normalized spacial score (nSPS) is 12.0. The van der Waals surface area contributed by atoms with Crippen LogP contribution in [-0.4, -0.2) is 21.6 Å². The van der Waals surface area contributed by atoms with E-state index in [1.807, 2.05) is 45.0 Å². The molecule has 2 aromatic carbocycles. The minimum atomic E-state index is -0.240. The van der Waals surface area contributed by atoms with Crippen LogP contribution in [0.25, 0.3) is 34.0 Å². The van der Waals surface area contributed by atoms with Crippen molar-refractivity contribution in [2.24, 2.45) is 5.92 Å². The summed E-state index contributed by atoms with van der Waals surface area (Å²) >= 11 is 0. The second-order valence-corrected chi connectivity index (χ2v) is 10.3. The van der Waals surface area contributed by atoms with Gasteiger partial charge in [0.2, 0.25) is 0 Å². The molecule has 44 heavy (non-hydrogen) atoms. The van der Waals surface area contributed by atoms with Gasteiger partial charge in [0.1, 0.15) is 17.1 Å². The molecule has 0 radical (unpaired) electrons. The van der Waals surface area contributed by atoms with Crippen molar-refractivity contribution in [2.45, 2.75) is 66.2 Å². The van der Waals surface area contributed by atoms with Crippen LogP contribution in [0.4, 0.5) is 4.39 Å². The molecule has 1 atom stereocenters. The van der Waals surface area contributed by atoms with Gasteiger partial charge in [0.25, 0.3) is 0 Å². The van der Waals surface area contributed by atoms with Crippen LogP contribution in [0.15, 0.2) is 61.3 Å². The smallest absolute Gasteiger partial charge is 0.693 e. The van der Waals surface area contributed by atoms with Crippen molar-refractivity contribution >= 4 is 16.6 Å². The second-order valence-electron chi connectivity index (χ2n) is 10.3. The number of nitrogens with two attached hydrogens (primary N) is 1. The zero-order chi connectivity index (χ0) is 28.1. The molecule has 2 aromatic heterocycles. The second kappa shape index (κ2) is 20.1. The predicted octanol–water partition coefficient (Wildman–Crippen LogP) is 7.56. The number of rotatable bonds is 9. The molecule has 5 rings (SSSR count). The van der Waals surface area contributed by atoms with Crippen LogP contribution in [0.2, 0.25) is 0 Å². The number of aromatic hydroxyl groups is 1. The molecule has 5 nitrogen and oxygen atoms in total. The Morgan fingerprint density at radius 1 is 1.05 bits per heavy atom. The Morgan fingerprint density at radius 3 is 2.27 bits per heavy atom. The largest absolute Gasteiger partial charge is 1.00 e. The van der Waals surface area contributed by atoms with E-state index in [0.717, 1.165) is 52.0 Å². The van der Waals surface area contributed by atoms with E-state index in [1.54, 1.807) is 12.3 Å². The van der Waals surface area contributed by atoms with Crippen molar-refractivity contribution < 1.29 is 60.9 Å². The van der Waals surface area contributed by atoms with Crippen LogP contribution in [0, 0.1) is 47.9 Å². The number of nitrogens with one attached hydrogen (secondary N) is 1. The minimum Gasteiger partial charge on any atom is -0.693 e. The van der Waals surface area contributed by atoms with Gasteiger partial charge in [-0.15, -0.1) is 0 Å². The monoisotopic (exact) mass is 625 g/mol. The van der Waals surface area contributed by atoms with Crippen molar-refractivity contribution in [2.75, 3.05) is 6.54 Å². The van der Waals surface area contributed by atoms with Crippen LogP contribution in [0.1, 0.15) is 73.9 Å². The van der Waals surface area contributed by atoms with E-state index in [-0.39, 0.29) is 97.3 Å². The quantitative estimate of drug-likeness (QED) is 0.148. The first kappa shape index (κ1) is 44.0. The van der Waals surface area contributed by atoms with Gasteiger partial charge < -0.3 is 38.9 Å². The average Bonchev–Trinajstić information content (AvgIpc) is 3.77. The molecule has 4 aromatic rings. The number of fused-ring (bicyclic) bond motifs is 1. The molecule has 1 aliphatic rings. The topological polar surface area (TPSA) is 91.5 Å². The molecule has 1 saturated carbocycles. The van der Waals surface area contributed by atoms with Crippen LogP contribution in [0.5, 0.6) is 5.75 Å². The molecule has 0 spiro atoms. The van der Waals surface area contributed by atoms with Gasteiger partial charge >= 0.3 is 51.4 Å². The van der Waals surface area contributed by atoms with Gasteiger partial charge in [0.05, 0.1) is 5.69 Å². The van der Waals surface area contributed by atoms with E-state index in [1.165, 1.54) is 36.1 Å². The van der Waals surface area contributed by atoms with Crippen molar-refractivity contribution in [3.8, 4) is 17.0 Å². The van der Waals surface area contributed by atoms with Gasteiger partial charge in [-0.05, 0) is 104 Å². The Bertz CT molecular complexity index is 1470. The number of phenols is 1. The summed E-state index contributed by atoms with van der Waals surface area (Å²) in [6.07, 6.45) is 6.17. The third-order valence-corrected chi connectivity index (χ3v) is 7.39. The average molecular weight is 626 g/mol. The van der Waals surface area contributed by atoms with Gasteiger partial charge in [-0.3, -0.25) is 9.97 Å². The SMILES string of the molecule is C=C(NCC(c1cc(CCC)c(C)c(-c2ccc(F)cc2)n1)C1CC1)c1cc(O)c2ncc(C)cc2c1.CC.[CH3-].[CH3-].[CH3-].[K+].[NH2-]. The maximum atomic E-state index is 13.6. The first-order chi connectivity index (χ1) is 18.8. The Kier molecular flexibility index (Phi) is 20.1. The number of hydrogen-bond acceptors (Lipinski definition) is 4. The number of phenolic OH excluding ortho intramolecular Hbond substituents is 1. The molecule has 236 valence electrons. The van der Waals surface area contributed by atoms with E-state index < -0.39 is 0 Å². The molecule has 0 saturated heterocycles. The minimum absolute atomic E-state index is 0. The third-order valence-electron chi connectivity index (χ3n) is 7.39. The van der Waals surface area contributed by atoms with Crippen LogP contribution >= 0.6 is 0 Å². The number of halogens is 1. The molecule has 0 amide bonds. The number of benzene rings is 2. The number of hydrogen-bond donors (Lipinski definition) is 2. The molecule has 1 unspecified atom stereocenters. The van der Waals surface area contributed by atoms with Crippen molar-refractivity contribution in [1.29, 1.82) is 0 Å². The van der Waals surface area contributed by atoms with E-state index in [9.17, 15) is 9.50 Å². The summed E-state index contributed by atoms with van der Waals surface area (Å²) in [4.78, 5) is 9.52. The van der Waals surface area contributed by atoms with E-state index in [0.29, 0.717) is 18.0 Å². The fourth-order valence-electron chi connectivity index (χ4n) is 5.15. The van der Waals surface area contributed by atoms with Gasteiger partial charge in [-0.1, -0.05) is 33.8 Å². The molecule has 1 aliphatic carbocycles. The number of aryl methyl sites for hydroxylation is 2. The number of aromatic nitrogens is 2. The molecule has 1 fully saturated rings. The van der Waals surface area contributed by atoms with Crippen molar-refractivity contribution in [1.82, 2.24) is 15.3 Å². The Balaban J connectivity index is 0.